The number of anilines is 1. The minimum absolute atomic E-state index is 1.03. The van der Waals surface area contributed by atoms with Crippen LogP contribution in [0.1, 0.15) is 11.1 Å². The molecule has 0 spiro atoms. The highest BCUT2D eigenvalue weighted by Gasteiger charge is 2.26. The minimum Gasteiger partial charge on any atom is -0.357 e. The molecule has 1 nitrogen and oxygen atoms in total. The van der Waals surface area contributed by atoms with Crippen LogP contribution in [0.3, 0.4) is 0 Å². The zero-order chi connectivity index (χ0) is 11.2. The third-order valence-corrected chi connectivity index (χ3v) is 4.53. The lowest BCUT2D eigenvalue weighted by Gasteiger charge is -2.19. The fraction of sp³-hybridized carbons (Fsp3) is 0.0667. The number of para-hydroxylation sites is 1. The van der Waals surface area contributed by atoms with Crippen LogP contribution in [0.4, 0.5) is 5.69 Å². The Kier molecular flexibility index (Phi) is 1.88. The van der Waals surface area contributed by atoms with Gasteiger partial charge in [-0.25, -0.2) is 0 Å². The van der Waals surface area contributed by atoms with E-state index in [1.807, 2.05) is 11.8 Å². The molecular weight excluding hydrogens is 226 g/mol. The molecule has 2 aromatic carbocycles. The van der Waals surface area contributed by atoms with Gasteiger partial charge in [-0.2, -0.15) is 0 Å². The summed E-state index contributed by atoms with van der Waals surface area (Å²) in [4.78, 5) is 2.72. The number of nitrogens with one attached hydrogen (secondary N) is 1. The zero-order valence-electron chi connectivity index (χ0n) is 9.23. The Hall–Kier alpha value is -1.67. The van der Waals surface area contributed by atoms with Gasteiger partial charge in [0.2, 0.25) is 0 Å². The molecule has 2 heteroatoms. The van der Waals surface area contributed by atoms with Gasteiger partial charge < -0.3 is 5.32 Å². The predicted octanol–water partition coefficient (Wildman–Crippen LogP) is 4.13. The minimum atomic E-state index is 1.03. The molecule has 1 heterocycles. The highest BCUT2D eigenvalue weighted by Crippen LogP contribution is 2.49. The van der Waals surface area contributed by atoms with Gasteiger partial charge in [-0.1, -0.05) is 48.2 Å². The first-order valence-electron chi connectivity index (χ1n) is 5.77. The summed E-state index contributed by atoms with van der Waals surface area (Å²) in [7, 11) is 0. The summed E-state index contributed by atoms with van der Waals surface area (Å²) in [5.74, 6) is 0. The molecule has 0 radical (unpaired) electrons. The Bertz CT molecular complexity index is 643. The topological polar surface area (TPSA) is 12.0 Å². The molecule has 2 aromatic rings. The second kappa shape index (κ2) is 3.41. The third-order valence-electron chi connectivity index (χ3n) is 3.29. The van der Waals surface area contributed by atoms with Crippen molar-refractivity contribution >= 4 is 22.4 Å². The summed E-state index contributed by atoms with van der Waals surface area (Å²) in [5, 5.41) is 3.56. The molecule has 0 saturated heterocycles. The van der Waals surface area contributed by atoms with E-state index in [1.54, 1.807) is 0 Å². The number of thioether (sulfide) groups is 1. The van der Waals surface area contributed by atoms with Gasteiger partial charge >= 0.3 is 0 Å². The zero-order valence-corrected chi connectivity index (χ0v) is 10.1. The number of benzene rings is 2. The first kappa shape index (κ1) is 9.37. The van der Waals surface area contributed by atoms with E-state index in [9.17, 15) is 0 Å². The second-order valence-corrected chi connectivity index (χ2v) is 5.42. The maximum Gasteiger partial charge on any atom is 0.0524 e. The van der Waals surface area contributed by atoms with Crippen molar-refractivity contribution in [3.63, 3.8) is 0 Å². The van der Waals surface area contributed by atoms with Gasteiger partial charge in [0, 0.05) is 21.9 Å². The molecule has 1 aliphatic carbocycles. The lowest BCUT2D eigenvalue weighted by molar-refractivity contribution is 1.18. The van der Waals surface area contributed by atoms with Gasteiger partial charge in [0.1, 0.15) is 0 Å². The lowest BCUT2D eigenvalue weighted by Crippen LogP contribution is -2.04. The fourth-order valence-electron chi connectivity index (χ4n) is 2.48. The van der Waals surface area contributed by atoms with Gasteiger partial charge in [-0.15, -0.1) is 0 Å². The molecule has 2 aliphatic rings. The molecule has 0 saturated carbocycles. The molecule has 0 atom stereocenters. The van der Waals surface area contributed by atoms with Crippen LogP contribution in [0.2, 0.25) is 0 Å². The summed E-state index contributed by atoms with van der Waals surface area (Å²) >= 11 is 1.89. The molecule has 0 unspecified atom stereocenters. The smallest absolute Gasteiger partial charge is 0.0524 e. The fourth-order valence-corrected chi connectivity index (χ4v) is 3.63. The Morgan fingerprint density at radius 2 is 1.76 bits per heavy atom. The highest BCUT2D eigenvalue weighted by molar-refractivity contribution is 8.08. The summed E-state index contributed by atoms with van der Waals surface area (Å²) in [6.07, 6.45) is 1.03. The lowest BCUT2D eigenvalue weighted by atomic mass is 10.1. The van der Waals surface area contributed by atoms with Crippen molar-refractivity contribution in [3.05, 3.63) is 65.4 Å². The molecule has 0 bridgehead atoms. The molecule has 0 fully saturated rings. The molecular formula is C15H11NS. The van der Waals surface area contributed by atoms with Crippen LogP contribution >= 0.6 is 11.8 Å². The quantitative estimate of drug-likeness (QED) is 0.739. The summed E-state index contributed by atoms with van der Waals surface area (Å²) in [6.45, 7) is 0. The summed E-state index contributed by atoms with van der Waals surface area (Å²) in [5.41, 5.74) is 5.43. The van der Waals surface area contributed by atoms with Crippen molar-refractivity contribution in [3.8, 4) is 0 Å². The van der Waals surface area contributed by atoms with Crippen molar-refractivity contribution in [2.45, 2.75) is 11.3 Å². The Balaban J connectivity index is 1.84. The number of hydrogen-bond donors (Lipinski definition) is 1. The van der Waals surface area contributed by atoms with Gasteiger partial charge in [0.05, 0.1) is 5.69 Å². The first-order valence-corrected chi connectivity index (χ1v) is 6.59. The standard InChI is InChI=1S/C15H11NS/c1-2-6-11-10(5-1)9-13-15(11)17-14-8-4-3-7-12(14)16-13/h1-8,16H,9H2. The number of rotatable bonds is 0. The van der Waals surface area contributed by atoms with Gasteiger partial charge in [-0.05, 0) is 23.3 Å². The number of fused-ring (bicyclic) bond motifs is 3. The second-order valence-electron chi connectivity index (χ2n) is 4.36. The van der Waals surface area contributed by atoms with Crippen LogP contribution in [0.25, 0.3) is 4.91 Å². The largest absolute Gasteiger partial charge is 0.357 e. The van der Waals surface area contributed by atoms with E-state index in [-0.39, 0.29) is 0 Å². The van der Waals surface area contributed by atoms with E-state index < -0.39 is 0 Å². The monoisotopic (exact) mass is 237 g/mol. The van der Waals surface area contributed by atoms with Crippen molar-refractivity contribution in [2.24, 2.45) is 0 Å². The average Bonchev–Trinajstić information content (AvgIpc) is 2.73. The van der Waals surface area contributed by atoms with Crippen molar-refractivity contribution in [1.29, 1.82) is 0 Å². The van der Waals surface area contributed by atoms with Crippen LogP contribution in [-0.2, 0) is 6.42 Å². The van der Waals surface area contributed by atoms with E-state index in [0.717, 1.165) is 6.42 Å². The molecule has 82 valence electrons. The third kappa shape index (κ3) is 1.34. The first-order chi connectivity index (χ1) is 8.42. The molecule has 0 amide bonds. The highest BCUT2D eigenvalue weighted by atomic mass is 32.2. The van der Waals surface area contributed by atoms with Crippen molar-refractivity contribution in [2.75, 3.05) is 5.32 Å². The molecule has 4 rings (SSSR count). The van der Waals surface area contributed by atoms with E-state index in [1.165, 1.54) is 32.3 Å². The SMILES string of the molecule is c1ccc2c(c1)CC1=C2Sc2ccccc2N1. The van der Waals surface area contributed by atoms with Crippen LogP contribution in [0.15, 0.2) is 59.1 Å². The Labute approximate surface area is 105 Å². The number of hydrogen-bond acceptors (Lipinski definition) is 2. The Morgan fingerprint density at radius 3 is 2.76 bits per heavy atom. The van der Waals surface area contributed by atoms with E-state index in [0.29, 0.717) is 0 Å². The van der Waals surface area contributed by atoms with Gasteiger partial charge in [0.15, 0.2) is 0 Å². The van der Waals surface area contributed by atoms with Gasteiger partial charge in [-0.3, -0.25) is 0 Å². The molecule has 17 heavy (non-hydrogen) atoms. The predicted molar refractivity (Wildman–Crippen MR) is 73.0 cm³/mol. The molecule has 0 aromatic heterocycles. The maximum atomic E-state index is 3.56. The Morgan fingerprint density at radius 1 is 0.941 bits per heavy atom. The van der Waals surface area contributed by atoms with Crippen LogP contribution in [-0.4, -0.2) is 0 Å². The number of allylic oxidation sites excluding steroid dienone is 1. The maximum absolute atomic E-state index is 3.56. The van der Waals surface area contributed by atoms with Crippen LogP contribution in [0.5, 0.6) is 0 Å². The normalized spacial score (nSPS) is 16.0. The van der Waals surface area contributed by atoms with Crippen molar-refractivity contribution in [1.82, 2.24) is 0 Å². The van der Waals surface area contributed by atoms with E-state index >= 15 is 0 Å². The summed E-state index contributed by atoms with van der Waals surface area (Å²) < 4.78 is 0. The molecule has 1 aliphatic heterocycles. The van der Waals surface area contributed by atoms with Crippen LogP contribution in [0, 0.1) is 0 Å². The van der Waals surface area contributed by atoms with Gasteiger partial charge in [0.25, 0.3) is 0 Å². The van der Waals surface area contributed by atoms with E-state index in [2.05, 4.69) is 53.8 Å². The average molecular weight is 237 g/mol. The van der Waals surface area contributed by atoms with Crippen LogP contribution < -0.4 is 5.32 Å². The van der Waals surface area contributed by atoms with Crippen molar-refractivity contribution < 1.29 is 0 Å². The molecule has 1 N–H and O–H groups in total. The summed E-state index contributed by atoms with van der Waals surface area (Å²) in [6, 6.07) is 17.2. The van der Waals surface area contributed by atoms with E-state index in [4.69, 9.17) is 0 Å².